The summed E-state index contributed by atoms with van der Waals surface area (Å²) in [5.41, 5.74) is 1.24. The van der Waals surface area contributed by atoms with Crippen molar-refractivity contribution in [3.05, 3.63) is 28.2 Å². The smallest absolute Gasteiger partial charge is 0.120 e. The molecule has 0 N–H and O–H groups in total. The topological polar surface area (TPSA) is 9.23 Å². The second kappa shape index (κ2) is 5.72. The molecule has 0 radical (unpaired) electrons. The molecule has 1 saturated carbocycles. The van der Waals surface area contributed by atoms with Gasteiger partial charge in [0.25, 0.3) is 0 Å². The van der Waals surface area contributed by atoms with E-state index in [4.69, 9.17) is 4.74 Å². The zero-order valence-electron chi connectivity index (χ0n) is 9.84. The summed E-state index contributed by atoms with van der Waals surface area (Å²) in [5.74, 6) is 1.77. The van der Waals surface area contributed by atoms with Crippen LogP contribution in [0.4, 0.5) is 0 Å². The number of ether oxygens (including phenoxy) is 1. The summed E-state index contributed by atoms with van der Waals surface area (Å²) in [6.07, 6.45) is 6.85. The average Bonchev–Trinajstić information content (AvgIpc) is 2.27. The lowest BCUT2D eigenvalue weighted by Crippen LogP contribution is -2.15. The molecule has 1 aliphatic carbocycles. The van der Waals surface area contributed by atoms with E-state index in [0.717, 1.165) is 22.7 Å². The van der Waals surface area contributed by atoms with Crippen molar-refractivity contribution in [1.29, 1.82) is 0 Å². The summed E-state index contributed by atoms with van der Waals surface area (Å²) in [6, 6.07) is 6.26. The Balaban J connectivity index is 1.88. The van der Waals surface area contributed by atoms with Gasteiger partial charge in [0, 0.05) is 4.47 Å². The molecule has 1 nitrogen and oxygen atoms in total. The minimum atomic E-state index is 0.771. The van der Waals surface area contributed by atoms with E-state index in [9.17, 15) is 0 Å². The van der Waals surface area contributed by atoms with Crippen LogP contribution >= 0.6 is 15.9 Å². The number of hydrogen-bond acceptors (Lipinski definition) is 1. The Labute approximate surface area is 106 Å². The lowest BCUT2D eigenvalue weighted by Gasteiger charge is -2.21. The maximum absolute atomic E-state index is 5.88. The summed E-state index contributed by atoms with van der Waals surface area (Å²) in [5, 5.41) is 0. The zero-order valence-corrected chi connectivity index (χ0v) is 11.4. The maximum Gasteiger partial charge on any atom is 0.120 e. The first-order valence-electron chi connectivity index (χ1n) is 6.14. The molecule has 0 unspecified atom stereocenters. The van der Waals surface area contributed by atoms with Crippen molar-refractivity contribution in [1.82, 2.24) is 0 Å². The molecule has 0 saturated heterocycles. The van der Waals surface area contributed by atoms with E-state index in [1.807, 2.05) is 0 Å². The van der Waals surface area contributed by atoms with Gasteiger partial charge in [0.05, 0.1) is 6.61 Å². The quantitative estimate of drug-likeness (QED) is 0.780. The predicted molar refractivity (Wildman–Crippen MR) is 70.9 cm³/mol. The normalized spacial score (nSPS) is 17.4. The number of benzene rings is 1. The van der Waals surface area contributed by atoms with Crippen molar-refractivity contribution in [3.63, 3.8) is 0 Å². The van der Waals surface area contributed by atoms with Crippen LogP contribution < -0.4 is 4.74 Å². The molecule has 2 heteroatoms. The highest BCUT2D eigenvalue weighted by molar-refractivity contribution is 9.10. The number of rotatable bonds is 3. The van der Waals surface area contributed by atoms with Crippen molar-refractivity contribution in [2.75, 3.05) is 6.61 Å². The molecule has 0 spiro atoms. The summed E-state index contributed by atoms with van der Waals surface area (Å²) in [4.78, 5) is 0. The molecular weight excluding hydrogens is 264 g/mol. The Morgan fingerprint density at radius 3 is 2.62 bits per heavy atom. The van der Waals surface area contributed by atoms with E-state index in [2.05, 4.69) is 41.1 Å². The Kier molecular flexibility index (Phi) is 4.28. The van der Waals surface area contributed by atoms with Gasteiger partial charge in [-0.25, -0.2) is 0 Å². The van der Waals surface area contributed by atoms with Gasteiger partial charge in [-0.15, -0.1) is 0 Å². The maximum atomic E-state index is 5.88. The van der Waals surface area contributed by atoms with Crippen LogP contribution in [-0.2, 0) is 0 Å². The Bertz CT molecular complexity index is 322. The SMILES string of the molecule is Cc1cc(Br)cc(OCC2CCCCC2)c1. The molecule has 1 aromatic carbocycles. The molecule has 0 aromatic heterocycles. The van der Waals surface area contributed by atoms with Crippen molar-refractivity contribution in [3.8, 4) is 5.75 Å². The molecule has 2 rings (SSSR count). The molecular formula is C14H19BrO. The van der Waals surface area contributed by atoms with Gasteiger partial charge in [-0.2, -0.15) is 0 Å². The van der Waals surface area contributed by atoms with Gasteiger partial charge >= 0.3 is 0 Å². The molecule has 1 aromatic rings. The van der Waals surface area contributed by atoms with E-state index in [1.54, 1.807) is 0 Å². The number of aryl methyl sites for hydroxylation is 1. The first-order chi connectivity index (χ1) is 7.74. The van der Waals surface area contributed by atoms with Gasteiger partial charge in [-0.05, 0) is 49.4 Å². The van der Waals surface area contributed by atoms with Crippen LogP contribution in [0.2, 0.25) is 0 Å². The fraction of sp³-hybridized carbons (Fsp3) is 0.571. The van der Waals surface area contributed by atoms with Gasteiger partial charge in [-0.1, -0.05) is 35.2 Å². The first-order valence-corrected chi connectivity index (χ1v) is 6.93. The van der Waals surface area contributed by atoms with Crippen molar-refractivity contribution in [2.24, 2.45) is 5.92 Å². The molecule has 16 heavy (non-hydrogen) atoms. The summed E-state index contributed by atoms with van der Waals surface area (Å²) < 4.78 is 6.98. The number of halogens is 1. The van der Waals surface area contributed by atoms with E-state index in [-0.39, 0.29) is 0 Å². The Morgan fingerprint density at radius 2 is 1.94 bits per heavy atom. The molecule has 0 heterocycles. The van der Waals surface area contributed by atoms with Crippen molar-refractivity contribution < 1.29 is 4.74 Å². The monoisotopic (exact) mass is 282 g/mol. The van der Waals surface area contributed by atoms with E-state index >= 15 is 0 Å². The predicted octanol–water partition coefficient (Wildman–Crippen LogP) is 4.72. The van der Waals surface area contributed by atoms with Crippen molar-refractivity contribution >= 4 is 15.9 Å². The van der Waals surface area contributed by atoms with Crippen LogP contribution in [0.15, 0.2) is 22.7 Å². The van der Waals surface area contributed by atoms with Crippen molar-refractivity contribution in [2.45, 2.75) is 39.0 Å². The summed E-state index contributed by atoms with van der Waals surface area (Å²) in [7, 11) is 0. The van der Waals surface area contributed by atoms with Crippen LogP contribution in [0, 0.1) is 12.8 Å². The lowest BCUT2D eigenvalue weighted by molar-refractivity contribution is 0.208. The molecule has 0 atom stereocenters. The van der Waals surface area contributed by atoms with Crippen LogP contribution in [-0.4, -0.2) is 6.61 Å². The Hall–Kier alpha value is -0.500. The van der Waals surface area contributed by atoms with Gasteiger partial charge in [0.15, 0.2) is 0 Å². The highest BCUT2D eigenvalue weighted by atomic mass is 79.9. The van der Waals surface area contributed by atoms with E-state index < -0.39 is 0 Å². The summed E-state index contributed by atoms with van der Waals surface area (Å²) >= 11 is 3.50. The molecule has 0 amide bonds. The average molecular weight is 283 g/mol. The number of hydrogen-bond donors (Lipinski definition) is 0. The highest BCUT2D eigenvalue weighted by Crippen LogP contribution is 2.26. The van der Waals surface area contributed by atoms with Crippen LogP contribution in [0.25, 0.3) is 0 Å². The second-order valence-corrected chi connectivity index (χ2v) is 5.69. The minimum Gasteiger partial charge on any atom is -0.493 e. The standard InChI is InChI=1S/C14H19BrO/c1-11-7-13(15)9-14(8-11)16-10-12-5-3-2-4-6-12/h7-9,12H,2-6,10H2,1H3. The molecule has 88 valence electrons. The largest absolute Gasteiger partial charge is 0.493 e. The van der Waals surface area contributed by atoms with Gasteiger partial charge in [0.1, 0.15) is 5.75 Å². The van der Waals surface area contributed by atoms with Crippen LogP contribution in [0.5, 0.6) is 5.75 Å². The second-order valence-electron chi connectivity index (χ2n) is 4.78. The molecule has 0 bridgehead atoms. The third-order valence-corrected chi connectivity index (χ3v) is 3.68. The lowest BCUT2D eigenvalue weighted by atomic mass is 9.90. The van der Waals surface area contributed by atoms with Crippen LogP contribution in [0.1, 0.15) is 37.7 Å². The van der Waals surface area contributed by atoms with E-state index in [1.165, 1.54) is 37.7 Å². The summed E-state index contributed by atoms with van der Waals surface area (Å²) in [6.45, 7) is 2.98. The van der Waals surface area contributed by atoms with Gasteiger partial charge in [-0.3, -0.25) is 0 Å². The van der Waals surface area contributed by atoms with Crippen LogP contribution in [0.3, 0.4) is 0 Å². The molecule has 1 aliphatic rings. The zero-order chi connectivity index (χ0) is 11.4. The van der Waals surface area contributed by atoms with E-state index in [0.29, 0.717) is 0 Å². The highest BCUT2D eigenvalue weighted by Gasteiger charge is 2.13. The fourth-order valence-corrected chi connectivity index (χ4v) is 2.94. The Morgan fingerprint density at radius 1 is 1.19 bits per heavy atom. The third-order valence-electron chi connectivity index (χ3n) is 3.23. The molecule has 1 fully saturated rings. The first kappa shape index (κ1) is 12.0. The fourth-order valence-electron chi connectivity index (χ4n) is 2.35. The third kappa shape index (κ3) is 3.51. The van der Waals surface area contributed by atoms with Gasteiger partial charge in [0.2, 0.25) is 0 Å². The van der Waals surface area contributed by atoms with Gasteiger partial charge < -0.3 is 4.74 Å². The minimum absolute atomic E-state index is 0.771. The molecule has 0 aliphatic heterocycles.